The summed E-state index contributed by atoms with van der Waals surface area (Å²) in [5.74, 6) is 0. The Labute approximate surface area is 104 Å². The number of rotatable bonds is 0. The largest absolute Gasteiger partial charge is 0.358 e. The molecule has 1 aromatic rings. The van der Waals surface area contributed by atoms with Gasteiger partial charge in [0.1, 0.15) is 0 Å². The maximum Gasteiger partial charge on any atom is 0.0461 e. The molecule has 17 heavy (non-hydrogen) atoms. The summed E-state index contributed by atoms with van der Waals surface area (Å²) in [6.07, 6.45) is 12.4. The van der Waals surface area contributed by atoms with Crippen LogP contribution in [-0.4, -0.2) is 4.98 Å². The quantitative estimate of drug-likeness (QED) is 0.628. The number of nitrogens with one attached hydrogen (secondary N) is 1. The fourth-order valence-corrected chi connectivity index (χ4v) is 3.16. The average molecular weight is 227 g/mol. The maximum absolute atomic E-state index is 3.68. The van der Waals surface area contributed by atoms with Gasteiger partial charge in [-0.05, 0) is 63.2 Å². The second-order valence-electron chi connectivity index (χ2n) is 5.51. The van der Waals surface area contributed by atoms with Gasteiger partial charge in [0, 0.05) is 17.0 Å². The van der Waals surface area contributed by atoms with Crippen LogP contribution in [0.4, 0.5) is 0 Å². The second kappa shape index (κ2) is 4.21. The SMILES string of the molecule is CC1=Cc2[nH]c3c(c2C(C)=CC1)CCCCC3. The lowest BCUT2D eigenvalue weighted by molar-refractivity contribution is 0.706. The van der Waals surface area contributed by atoms with Crippen molar-refractivity contribution in [3.8, 4) is 0 Å². The molecule has 0 aliphatic heterocycles. The number of hydrogen-bond acceptors (Lipinski definition) is 0. The molecule has 90 valence electrons. The molecule has 0 saturated heterocycles. The number of fused-ring (bicyclic) bond motifs is 3. The van der Waals surface area contributed by atoms with Crippen molar-refractivity contribution in [2.45, 2.75) is 52.4 Å². The zero-order valence-corrected chi connectivity index (χ0v) is 10.9. The van der Waals surface area contributed by atoms with E-state index in [-0.39, 0.29) is 0 Å². The molecular weight excluding hydrogens is 206 g/mol. The summed E-state index contributed by atoms with van der Waals surface area (Å²) in [6.45, 7) is 4.50. The molecule has 3 rings (SSSR count). The topological polar surface area (TPSA) is 15.8 Å². The van der Waals surface area contributed by atoms with Crippen molar-refractivity contribution in [1.29, 1.82) is 0 Å². The van der Waals surface area contributed by atoms with Crippen LogP contribution in [0.15, 0.2) is 11.6 Å². The van der Waals surface area contributed by atoms with E-state index in [9.17, 15) is 0 Å². The van der Waals surface area contributed by atoms with Crippen LogP contribution in [0, 0.1) is 0 Å². The molecule has 1 heterocycles. The Kier molecular flexibility index (Phi) is 2.70. The van der Waals surface area contributed by atoms with Gasteiger partial charge >= 0.3 is 0 Å². The Balaban J connectivity index is 2.17. The summed E-state index contributed by atoms with van der Waals surface area (Å²) in [5.41, 5.74) is 8.91. The molecule has 2 aliphatic carbocycles. The molecule has 1 aromatic heterocycles. The number of aryl methyl sites for hydroxylation is 1. The minimum atomic E-state index is 1.10. The number of hydrogen-bond donors (Lipinski definition) is 1. The Morgan fingerprint density at radius 2 is 1.88 bits per heavy atom. The molecule has 1 nitrogen and oxygen atoms in total. The first-order valence-corrected chi connectivity index (χ1v) is 6.83. The molecule has 0 amide bonds. The van der Waals surface area contributed by atoms with Crippen molar-refractivity contribution in [3.05, 3.63) is 34.2 Å². The maximum atomic E-state index is 3.68. The highest BCUT2D eigenvalue weighted by molar-refractivity contribution is 5.78. The van der Waals surface area contributed by atoms with Crippen LogP contribution in [0.1, 0.15) is 62.0 Å². The molecular formula is C16H21N. The van der Waals surface area contributed by atoms with Gasteiger partial charge in [0.25, 0.3) is 0 Å². The summed E-state index contributed by atoms with van der Waals surface area (Å²) in [4.78, 5) is 3.68. The molecule has 0 atom stereocenters. The molecule has 1 N–H and O–H groups in total. The van der Waals surface area contributed by atoms with Crippen LogP contribution < -0.4 is 0 Å². The lowest BCUT2D eigenvalue weighted by Crippen LogP contribution is -1.90. The summed E-state index contributed by atoms with van der Waals surface area (Å²) in [7, 11) is 0. The lowest BCUT2D eigenvalue weighted by atomic mass is 9.98. The number of aromatic amines is 1. The predicted molar refractivity (Wildman–Crippen MR) is 74.0 cm³/mol. The minimum absolute atomic E-state index is 1.10. The van der Waals surface area contributed by atoms with Gasteiger partial charge in [-0.1, -0.05) is 18.1 Å². The Bertz CT molecular complexity index is 500. The van der Waals surface area contributed by atoms with Gasteiger partial charge < -0.3 is 4.98 Å². The number of allylic oxidation sites excluding steroid dienone is 3. The van der Waals surface area contributed by atoms with E-state index in [0.717, 1.165) is 6.42 Å². The summed E-state index contributed by atoms with van der Waals surface area (Å²) in [6, 6.07) is 0. The van der Waals surface area contributed by atoms with E-state index in [4.69, 9.17) is 0 Å². The third kappa shape index (κ3) is 1.88. The van der Waals surface area contributed by atoms with Gasteiger partial charge in [0.2, 0.25) is 0 Å². The van der Waals surface area contributed by atoms with Gasteiger partial charge in [-0.15, -0.1) is 0 Å². The predicted octanol–water partition coefficient (Wildman–Crippen LogP) is 4.49. The first kappa shape index (κ1) is 10.9. The second-order valence-corrected chi connectivity index (χ2v) is 5.51. The highest BCUT2D eigenvalue weighted by Crippen LogP contribution is 2.34. The molecule has 0 fully saturated rings. The highest BCUT2D eigenvalue weighted by atomic mass is 14.7. The zero-order chi connectivity index (χ0) is 11.8. The molecule has 0 aromatic carbocycles. The summed E-state index contributed by atoms with van der Waals surface area (Å²) >= 11 is 0. The lowest BCUT2D eigenvalue weighted by Gasteiger charge is -2.04. The zero-order valence-electron chi connectivity index (χ0n) is 10.9. The molecule has 1 heteroatoms. The van der Waals surface area contributed by atoms with Crippen LogP contribution in [0.25, 0.3) is 11.6 Å². The molecule has 0 bridgehead atoms. The van der Waals surface area contributed by atoms with E-state index >= 15 is 0 Å². The van der Waals surface area contributed by atoms with Crippen LogP contribution in [-0.2, 0) is 12.8 Å². The van der Waals surface area contributed by atoms with Crippen molar-refractivity contribution in [2.24, 2.45) is 0 Å². The fraction of sp³-hybridized carbons (Fsp3) is 0.500. The van der Waals surface area contributed by atoms with Crippen LogP contribution in [0.5, 0.6) is 0 Å². The summed E-state index contributed by atoms with van der Waals surface area (Å²) in [5, 5.41) is 0. The van der Waals surface area contributed by atoms with Gasteiger partial charge in [0.15, 0.2) is 0 Å². The van der Waals surface area contributed by atoms with Crippen molar-refractivity contribution in [3.63, 3.8) is 0 Å². The van der Waals surface area contributed by atoms with E-state index in [1.165, 1.54) is 60.2 Å². The molecule has 0 spiro atoms. The number of aromatic nitrogens is 1. The first-order chi connectivity index (χ1) is 8.25. The van der Waals surface area contributed by atoms with Gasteiger partial charge in [-0.2, -0.15) is 0 Å². The highest BCUT2D eigenvalue weighted by Gasteiger charge is 2.20. The van der Waals surface area contributed by atoms with Crippen LogP contribution >= 0.6 is 0 Å². The monoisotopic (exact) mass is 227 g/mol. The van der Waals surface area contributed by atoms with E-state index < -0.39 is 0 Å². The van der Waals surface area contributed by atoms with Crippen molar-refractivity contribution in [2.75, 3.05) is 0 Å². The summed E-state index contributed by atoms with van der Waals surface area (Å²) < 4.78 is 0. The van der Waals surface area contributed by atoms with Crippen LogP contribution in [0.2, 0.25) is 0 Å². The average Bonchev–Trinajstić information content (AvgIpc) is 2.46. The number of H-pyrrole nitrogens is 1. The Morgan fingerprint density at radius 3 is 2.76 bits per heavy atom. The van der Waals surface area contributed by atoms with Crippen LogP contribution in [0.3, 0.4) is 0 Å². The minimum Gasteiger partial charge on any atom is -0.358 e. The Morgan fingerprint density at radius 1 is 1.06 bits per heavy atom. The fourth-order valence-electron chi connectivity index (χ4n) is 3.16. The van der Waals surface area contributed by atoms with E-state index in [2.05, 4.69) is 31.0 Å². The smallest absolute Gasteiger partial charge is 0.0461 e. The standard InChI is InChI=1S/C16H21N/c1-11-8-9-12(2)16-13-6-4-3-5-7-14(13)17-15(16)10-11/h9-10,17H,3-8H2,1-2H3. The van der Waals surface area contributed by atoms with Crippen molar-refractivity contribution >= 4 is 11.6 Å². The normalized spacial score (nSPS) is 19.6. The van der Waals surface area contributed by atoms with Crippen molar-refractivity contribution in [1.82, 2.24) is 4.98 Å². The third-order valence-electron chi connectivity index (χ3n) is 4.09. The van der Waals surface area contributed by atoms with Gasteiger partial charge in [-0.3, -0.25) is 0 Å². The molecule has 2 aliphatic rings. The molecule has 0 radical (unpaired) electrons. The van der Waals surface area contributed by atoms with Gasteiger partial charge in [0.05, 0.1) is 0 Å². The van der Waals surface area contributed by atoms with E-state index in [0.29, 0.717) is 0 Å². The Hall–Kier alpha value is -1.24. The van der Waals surface area contributed by atoms with E-state index in [1.54, 1.807) is 5.56 Å². The third-order valence-corrected chi connectivity index (χ3v) is 4.09. The van der Waals surface area contributed by atoms with E-state index in [1.807, 2.05) is 0 Å². The first-order valence-electron chi connectivity index (χ1n) is 6.83. The molecule has 0 saturated carbocycles. The van der Waals surface area contributed by atoms with Gasteiger partial charge in [-0.25, -0.2) is 0 Å². The van der Waals surface area contributed by atoms with Crippen molar-refractivity contribution < 1.29 is 0 Å². The molecule has 0 unspecified atom stereocenters.